The van der Waals surface area contributed by atoms with E-state index >= 15 is 0 Å². The van der Waals surface area contributed by atoms with Crippen molar-refractivity contribution >= 4 is 23.2 Å². The van der Waals surface area contributed by atoms with E-state index in [0.29, 0.717) is 43.8 Å². The summed E-state index contributed by atoms with van der Waals surface area (Å²) in [5.41, 5.74) is -0.643. The van der Waals surface area contributed by atoms with Gasteiger partial charge in [0.25, 0.3) is 5.56 Å². The van der Waals surface area contributed by atoms with E-state index in [0.717, 1.165) is 10.4 Å². The second-order valence-corrected chi connectivity index (χ2v) is 8.03. The molecule has 2 aliphatic rings. The van der Waals surface area contributed by atoms with Crippen LogP contribution in [-0.2, 0) is 28.1 Å². The van der Waals surface area contributed by atoms with E-state index in [2.05, 4.69) is 4.98 Å². The molecule has 0 bridgehead atoms. The van der Waals surface area contributed by atoms with Gasteiger partial charge >= 0.3 is 11.7 Å². The van der Waals surface area contributed by atoms with Crippen LogP contribution < -0.4 is 11.2 Å². The molecule has 2 aromatic rings. The van der Waals surface area contributed by atoms with Crippen LogP contribution in [0, 0.1) is 0 Å². The Balaban J connectivity index is 1.48. The first-order valence-electron chi connectivity index (χ1n) is 8.96. The minimum absolute atomic E-state index is 0.142. The summed E-state index contributed by atoms with van der Waals surface area (Å²) < 4.78 is 7.26. The van der Waals surface area contributed by atoms with Crippen LogP contribution in [0.2, 0.25) is 0 Å². The van der Waals surface area contributed by atoms with Crippen LogP contribution in [-0.4, -0.2) is 51.1 Å². The van der Waals surface area contributed by atoms with E-state index in [1.54, 1.807) is 11.0 Å². The number of aromatic carboxylic acids is 1. The number of nitrogens with one attached hydrogen (secondary N) is 1. The molecule has 0 radical (unpaired) electrons. The third-order valence-corrected chi connectivity index (χ3v) is 6.66. The number of carboxylic acid groups (broad SMARTS) is 1. The van der Waals surface area contributed by atoms with Gasteiger partial charge in [-0.05, 0) is 30.9 Å². The molecular formula is C18H19N3O6S. The number of hydrogen-bond donors (Lipinski definition) is 2. The Morgan fingerprint density at radius 1 is 1.29 bits per heavy atom. The fourth-order valence-electron chi connectivity index (χ4n) is 3.83. The van der Waals surface area contributed by atoms with Gasteiger partial charge in [0.15, 0.2) is 0 Å². The van der Waals surface area contributed by atoms with Gasteiger partial charge in [-0.25, -0.2) is 9.59 Å². The fourth-order valence-corrected chi connectivity index (χ4v) is 5.08. The Morgan fingerprint density at radius 3 is 2.71 bits per heavy atom. The highest BCUT2D eigenvalue weighted by Gasteiger charge is 2.43. The molecule has 2 aromatic heterocycles. The number of piperidine rings is 1. The number of thiophene rings is 1. The number of aromatic nitrogens is 2. The molecule has 1 spiro atoms. The summed E-state index contributed by atoms with van der Waals surface area (Å²) in [6.07, 6.45) is 3.15. The molecule has 28 heavy (non-hydrogen) atoms. The molecule has 1 saturated heterocycles. The van der Waals surface area contributed by atoms with E-state index in [1.807, 2.05) is 0 Å². The zero-order valence-electron chi connectivity index (χ0n) is 15.0. The molecule has 9 nitrogen and oxygen atoms in total. The Kier molecular flexibility index (Phi) is 4.68. The van der Waals surface area contributed by atoms with Crippen molar-refractivity contribution in [2.75, 3.05) is 19.7 Å². The van der Waals surface area contributed by atoms with Crippen LogP contribution in [0.1, 0.15) is 33.0 Å². The molecule has 1 fully saturated rings. The molecule has 0 aromatic carbocycles. The van der Waals surface area contributed by atoms with Crippen molar-refractivity contribution in [3.05, 3.63) is 54.5 Å². The maximum atomic E-state index is 12.6. The van der Waals surface area contributed by atoms with Crippen LogP contribution in [0.4, 0.5) is 0 Å². The Bertz CT molecular complexity index is 1040. The van der Waals surface area contributed by atoms with Crippen molar-refractivity contribution in [3.63, 3.8) is 0 Å². The van der Waals surface area contributed by atoms with Crippen LogP contribution in [0.15, 0.2) is 27.9 Å². The molecular weight excluding hydrogens is 386 g/mol. The third kappa shape index (κ3) is 3.29. The average molecular weight is 405 g/mol. The van der Waals surface area contributed by atoms with Crippen molar-refractivity contribution in [2.45, 2.75) is 31.4 Å². The number of H-pyrrole nitrogens is 1. The van der Waals surface area contributed by atoms with Crippen molar-refractivity contribution in [1.29, 1.82) is 0 Å². The summed E-state index contributed by atoms with van der Waals surface area (Å²) in [5.74, 6) is -1.15. The predicted molar refractivity (Wildman–Crippen MR) is 99.7 cm³/mol. The SMILES string of the molecule is O=C(O)c1cc2c(s1)C1(CCN(C(=O)Cn3ccc(=O)[nH]c3=O)CC1)OCC2. The van der Waals surface area contributed by atoms with Crippen LogP contribution in [0.25, 0.3) is 0 Å². The lowest BCUT2D eigenvalue weighted by molar-refractivity contribution is -0.140. The lowest BCUT2D eigenvalue weighted by Crippen LogP contribution is -2.49. The maximum absolute atomic E-state index is 12.6. The molecule has 2 aliphatic heterocycles. The van der Waals surface area contributed by atoms with Crippen molar-refractivity contribution < 1.29 is 19.4 Å². The molecule has 0 atom stereocenters. The number of ether oxygens (including phenoxy) is 1. The van der Waals surface area contributed by atoms with Crippen LogP contribution in [0.5, 0.6) is 0 Å². The van der Waals surface area contributed by atoms with Gasteiger partial charge in [0.05, 0.1) is 6.61 Å². The minimum Gasteiger partial charge on any atom is -0.477 e. The Labute approximate surface area is 163 Å². The molecule has 1 amide bonds. The van der Waals surface area contributed by atoms with E-state index in [-0.39, 0.29) is 12.5 Å². The number of carboxylic acids is 1. The second kappa shape index (κ2) is 7.02. The molecule has 10 heteroatoms. The Hall–Kier alpha value is -2.72. The molecule has 0 unspecified atom stereocenters. The van der Waals surface area contributed by atoms with Gasteiger partial charge < -0.3 is 14.7 Å². The van der Waals surface area contributed by atoms with Gasteiger partial charge in [-0.3, -0.25) is 19.1 Å². The van der Waals surface area contributed by atoms with Gasteiger partial charge in [0, 0.05) is 30.2 Å². The number of hydrogen-bond acceptors (Lipinski definition) is 6. The first-order chi connectivity index (χ1) is 13.4. The summed E-state index contributed by atoms with van der Waals surface area (Å²) >= 11 is 1.26. The number of rotatable bonds is 3. The normalized spacial score (nSPS) is 18.1. The summed E-state index contributed by atoms with van der Waals surface area (Å²) in [4.78, 5) is 51.9. The first kappa shape index (κ1) is 18.6. The maximum Gasteiger partial charge on any atom is 0.345 e. The number of nitrogens with zero attached hydrogens (tertiary/aromatic N) is 2. The largest absolute Gasteiger partial charge is 0.477 e. The summed E-state index contributed by atoms with van der Waals surface area (Å²) in [6.45, 7) is 1.30. The monoisotopic (exact) mass is 405 g/mol. The van der Waals surface area contributed by atoms with Crippen molar-refractivity contribution in [2.24, 2.45) is 0 Å². The lowest BCUT2D eigenvalue weighted by atomic mass is 9.85. The number of likely N-dealkylation sites (tertiary alicyclic amines) is 1. The number of amides is 1. The predicted octanol–water partition coefficient (Wildman–Crippen LogP) is 0.387. The Morgan fingerprint density at radius 2 is 2.04 bits per heavy atom. The highest BCUT2D eigenvalue weighted by Crippen LogP contribution is 2.45. The van der Waals surface area contributed by atoms with Crippen LogP contribution in [0.3, 0.4) is 0 Å². The third-order valence-electron chi connectivity index (χ3n) is 5.31. The topological polar surface area (TPSA) is 122 Å². The van der Waals surface area contributed by atoms with E-state index in [9.17, 15) is 24.3 Å². The standard InChI is InChI=1S/C18H19N3O6S/c22-13-1-5-21(17(26)19-13)10-14(23)20-6-3-18(4-7-20)15-11(2-8-27-18)9-12(28-15)16(24)25/h1,5,9H,2-4,6-8,10H2,(H,24,25)(H,19,22,26). The number of carbonyl (C=O) groups excluding carboxylic acids is 1. The number of fused-ring (bicyclic) bond motifs is 2. The quantitative estimate of drug-likeness (QED) is 0.762. The van der Waals surface area contributed by atoms with Crippen molar-refractivity contribution in [1.82, 2.24) is 14.5 Å². The summed E-state index contributed by atoms with van der Waals surface area (Å²) in [6, 6.07) is 2.93. The number of aromatic amines is 1. The average Bonchev–Trinajstić information content (AvgIpc) is 3.11. The molecule has 4 rings (SSSR count). The molecule has 148 valence electrons. The zero-order chi connectivity index (χ0) is 19.9. The van der Waals surface area contributed by atoms with E-state index < -0.39 is 22.8 Å². The number of carbonyl (C=O) groups is 2. The molecule has 4 heterocycles. The van der Waals surface area contributed by atoms with Gasteiger partial charge in [0.2, 0.25) is 5.91 Å². The smallest absolute Gasteiger partial charge is 0.345 e. The molecule has 0 saturated carbocycles. The fraction of sp³-hybridized carbons (Fsp3) is 0.444. The minimum atomic E-state index is -0.937. The highest BCUT2D eigenvalue weighted by atomic mass is 32.1. The lowest BCUT2D eigenvalue weighted by Gasteiger charge is -2.43. The van der Waals surface area contributed by atoms with E-state index in [4.69, 9.17) is 4.74 Å². The molecule has 0 aliphatic carbocycles. The van der Waals surface area contributed by atoms with Gasteiger partial charge in [-0.1, -0.05) is 0 Å². The highest BCUT2D eigenvalue weighted by molar-refractivity contribution is 7.14. The van der Waals surface area contributed by atoms with Gasteiger partial charge in [-0.15, -0.1) is 11.3 Å². The van der Waals surface area contributed by atoms with Gasteiger partial charge in [-0.2, -0.15) is 0 Å². The summed E-state index contributed by atoms with van der Waals surface area (Å²) in [7, 11) is 0. The second-order valence-electron chi connectivity index (χ2n) is 6.98. The summed E-state index contributed by atoms with van der Waals surface area (Å²) in [5, 5.41) is 9.28. The van der Waals surface area contributed by atoms with E-state index in [1.165, 1.54) is 28.2 Å². The van der Waals surface area contributed by atoms with Crippen LogP contribution >= 0.6 is 11.3 Å². The van der Waals surface area contributed by atoms with Crippen molar-refractivity contribution in [3.8, 4) is 0 Å². The van der Waals surface area contributed by atoms with Gasteiger partial charge in [0.1, 0.15) is 17.0 Å². The molecule has 2 N–H and O–H groups in total. The zero-order valence-corrected chi connectivity index (χ0v) is 15.8. The first-order valence-corrected chi connectivity index (χ1v) is 9.78.